The van der Waals surface area contributed by atoms with Gasteiger partial charge >= 0.3 is 0 Å². The number of aromatic nitrogens is 3. The van der Waals surface area contributed by atoms with Gasteiger partial charge in [0.05, 0.1) is 23.0 Å². The summed E-state index contributed by atoms with van der Waals surface area (Å²) in [5, 5.41) is 13.6. The fraction of sp³-hybridized carbons (Fsp3) is 0.350. The van der Waals surface area contributed by atoms with Gasteiger partial charge in [0.15, 0.2) is 0 Å². The fourth-order valence-corrected chi connectivity index (χ4v) is 3.58. The lowest BCUT2D eigenvalue weighted by molar-refractivity contribution is 0.210. The molecule has 1 aliphatic carbocycles. The van der Waals surface area contributed by atoms with E-state index in [2.05, 4.69) is 21.4 Å². The summed E-state index contributed by atoms with van der Waals surface area (Å²) in [6.45, 7) is 1.86. The lowest BCUT2D eigenvalue weighted by atomic mass is 10.1. The summed E-state index contributed by atoms with van der Waals surface area (Å²) >= 11 is 0. The van der Waals surface area contributed by atoms with Crippen LogP contribution < -0.4 is 10.1 Å². The molecule has 1 aromatic carbocycles. The molecular weight excluding hydrogens is 326 g/mol. The Labute approximate surface area is 151 Å². The molecule has 6 heteroatoms. The van der Waals surface area contributed by atoms with E-state index in [1.165, 1.54) is 0 Å². The number of hydrogen-bond donors (Lipinski definition) is 2. The number of nitrogens with one attached hydrogen (secondary N) is 2. The molecule has 2 fully saturated rings. The van der Waals surface area contributed by atoms with Gasteiger partial charge in [0.2, 0.25) is 5.88 Å². The zero-order valence-electron chi connectivity index (χ0n) is 14.3. The predicted molar refractivity (Wildman–Crippen MR) is 97.9 cm³/mol. The van der Waals surface area contributed by atoms with E-state index < -0.39 is 0 Å². The maximum atomic E-state index is 9.29. The van der Waals surface area contributed by atoms with Crippen molar-refractivity contribution in [3.05, 3.63) is 41.9 Å². The van der Waals surface area contributed by atoms with Crippen LogP contribution in [0.5, 0.6) is 5.88 Å². The molecule has 1 aliphatic heterocycles. The zero-order valence-corrected chi connectivity index (χ0v) is 14.3. The Kier molecular flexibility index (Phi) is 3.61. The van der Waals surface area contributed by atoms with Crippen LogP contribution in [0.3, 0.4) is 0 Å². The lowest BCUT2D eigenvalue weighted by Crippen LogP contribution is -2.21. The van der Waals surface area contributed by atoms with Crippen LogP contribution in [0.15, 0.2) is 30.6 Å². The molecule has 2 aromatic heterocycles. The second-order valence-corrected chi connectivity index (χ2v) is 6.99. The molecule has 3 heterocycles. The molecule has 0 bridgehead atoms. The van der Waals surface area contributed by atoms with Crippen molar-refractivity contribution in [1.29, 1.82) is 5.26 Å². The molecule has 0 amide bonds. The van der Waals surface area contributed by atoms with E-state index in [0.717, 1.165) is 60.2 Å². The maximum absolute atomic E-state index is 9.29. The van der Waals surface area contributed by atoms with Crippen LogP contribution in [-0.2, 0) is 0 Å². The monoisotopic (exact) mass is 345 g/mol. The van der Waals surface area contributed by atoms with Gasteiger partial charge in [-0.15, -0.1) is 0 Å². The van der Waals surface area contributed by atoms with E-state index in [1.54, 1.807) is 6.20 Å². The van der Waals surface area contributed by atoms with Crippen LogP contribution in [0.2, 0.25) is 0 Å². The molecule has 2 N–H and O–H groups in total. The first kappa shape index (κ1) is 15.4. The van der Waals surface area contributed by atoms with Gasteiger partial charge in [0.1, 0.15) is 17.9 Å². The molecule has 0 radical (unpaired) electrons. The zero-order chi connectivity index (χ0) is 17.5. The van der Waals surface area contributed by atoms with Crippen molar-refractivity contribution in [3.63, 3.8) is 0 Å². The van der Waals surface area contributed by atoms with Crippen molar-refractivity contribution >= 4 is 10.9 Å². The summed E-state index contributed by atoms with van der Waals surface area (Å²) in [4.78, 5) is 12.7. The molecule has 6 nitrogen and oxygen atoms in total. The van der Waals surface area contributed by atoms with Crippen molar-refractivity contribution in [1.82, 2.24) is 20.3 Å². The number of ether oxygens (including phenoxy) is 1. The van der Waals surface area contributed by atoms with E-state index in [1.807, 2.05) is 24.4 Å². The highest BCUT2D eigenvalue weighted by Crippen LogP contribution is 2.43. The van der Waals surface area contributed by atoms with E-state index in [9.17, 15) is 5.26 Å². The summed E-state index contributed by atoms with van der Waals surface area (Å²) < 4.78 is 6.12. The quantitative estimate of drug-likeness (QED) is 0.759. The summed E-state index contributed by atoms with van der Waals surface area (Å²) in [5.74, 6) is 1.13. The molecule has 26 heavy (non-hydrogen) atoms. The van der Waals surface area contributed by atoms with Crippen LogP contribution in [0.1, 0.15) is 36.4 Å². The van der Waals surface area contributed by atoms with E-state index in [-0.39, 0.29) is 6.10 Å². The number of nitrogens with zero attached hydrogens (tertiary/aromatic N) is 3. The van der Waals surface area contributed by atoms with Gasteiger partial charge in [-0.1, -0.05) is 12.1 Å². The van der Waals surface area contributed by atoms with Crippen LogP contribution in [-0.4, -0.2) is 34.1 Å². The third-order valence-corrected chi connectivity index (χ3v) is 5.13. The Hall–Kier alpha value is -2.91. The van der Waals surface area contributed by atoms with Crippen LogP contribution in [0, 0.1) is 11.3 Å². The molecule has 0 spiro atoms. The number of H-pyrrole nitrogens is 1. The number of para-hydroxylation sites is 1. The summed E-state index contributed by atoms with van der Waals surface area (Å²) in [7, 11) is 0. The Balaban J connectivity index is 1.56. The number of benzene rings is 1. The number of aromatic amines is 1. The van der Waals surface area contributed by atoms with Gasteiger partial charge in [-0.05, 0) is 31.9 Å². The standard InChI is InChI=1S/C20H19N5O/c21-8-13-2-1-3-15-16(10-23-18(13)15)17-11-24-20(19(25-17)12-4-5-12)26-14-6-7-22-9-14/h1-3,10-12,14,22-23H,4-7,9H2. The lowest BCUT2D eigenvalue weighted by Gasteiger charge is -2.15. The van der Waals surface area contributed by atoms with Gasteiger partial charge < -0.3 is 15.0 Å². The van der Waals surface area contributed by atoms with Crippen molar-refractivity contribution in [2.24, 2.45) is 0 Å². The molecule has 5 rings (SSSR count). The average Bonchev–Trinajstić information content (AvgIpc) is 3.21. The number of rotatable bonds is 4. The topological polar surface area (TPSA) is 86.6 Å². The maximum Gasteiger partial charge on any atom is 0.236 e. The van der Waals surface area contributed by atoms with Crippen LogP contribution in [0.4, 0.5) is 0 Å². The Morgan fingerprint density at radius 2 is 2.15 bits per heavy atom. The van der Waals surface area contributed by atoms with Gasteiger partial charge in [-0.25, -0.2) is 9.97 Å². The highest BCUT2D eigenvalue weighted by Gasteiger charge is 2.31. The molecule has 130 valence electrons. The molecule has 3 aromatic rings. The van der Waals surface area contributed by atoms with Gasteiger partial charge in [0, 0.05) is 29.6 Å². The van der Waals surface area contributed by atoms with Crippen molar-refractivity contribution in [3.8, 4) is 23.2 Å². The molecule has 1 saturated heterocycles. The third-order valence-electron chi connectivity index (χ3n) is 5.13. The number of hydrogen-bond acceptors (Lipinski definition) is 5. The van der Waals surface area contributed by atoms with Crippen molar-refractivity contribution in [2.75, 3.05) is 13.1 Å². The molecular formula is C20H19N5O. The van der Waals surface area contributed by atoms with E-state index >= 15 is 0 Å². The smallest absolute Gasteiger partial charge is 0.236 e. The highest BCUT2D eigenvalue weighted by atomic mass is 16.5. The van der Waals surface area contributed by atoms with Crippen LogP contribution >= 0.6 is 0 Å². The summed E-state index contributed by atoms with van der Waals surface area (Å²) in [5.41, 5.74) is 4.25. The number of nitriles is 1. The Morgan fingerprint density at radius 1 is 1.23 bits per heavy atom. The van der Waals surface area contributed by atoms with Gasteiger partial charge in [-0.3, -0.25) is 0 Å². The molecule has 1 unspecified atom stereocenters. The minimum absolute atomic E-state index is 0.180. The first-order chi connectivity index (χ1) is 12.8. The second-order valence-electron chi connectivity index (χ2n) is 6.99. The minimum atomic E-state index is 0.180. The summed E-state index contributed by atoms with van der Waals surface area (Å²) in [6.07, 6.45) is 7.17. The molecule has 1 atom stereocenters. The third kappa shape index (κ3) is 2.61. The van der Waals surface area contributed by atoms with Gasteiger partial charge in [-0.2, -0.15) is 5.26 Å². The second kappa shape index (κ2) is 6.11. The van der Waals surface area contributed by atoms with Gasteiger partial charge in [0.25, 0.3) is 0 Å². The fourth-order valence-electron chi connectivity index (χ4n) is 3.58. The van der Waals surface area contributed by atoms with E-state index in [0.29, 0.717) is 17.4 Å². The normalized spacial score (nSPS) is 19.6. The largest absolute Gasteiger partial charge is 0.472 e. The Bertz CT molecular complexity index is 1010. The minimum Gasteiger partial charge on any atom is -0.472 e. The first-order valence-corrected chi connectivity index (χ1v) is 9.08. The summed E-state index contributed by atoms with van der Waals surface area (Å²) in [6, 6.07) is 7.96. The predicted octanol–water partition coefficient (Wildman–Crippen LogP) is 3.11. The van der Waals surface area contributed by atoms with Crippen LogP contribution in [0.25, 0.3) is 22.2 Å². The SMILES string of the molecule is N#Cc1cccc2c(-c3cnc(OC4CCNC4)c(C4CC4)n3)c[nH]c12. The molecule has 2 aliphatic rings. The van der Waals surface area contributed by atoms with E-state index in [4.69, 9.17) is 9.72 Å². The molecule has 1 saturated carbocycles. The first-order valence-electron chi connectivity index (χ1n) is 9.08. The van der Waals surface area contributed by atoms with Crippen molar-refractivity contribution in [2.45, 2.75) is 31.3 Å². The highest BCUT2D eigenvalue weighted by molar-refractivity contribution is 5.97. The van der Waals surface area contributed by atoms with Crippen molar-refractivity contribution < 1.29 is 4.74 Å². The number of fused-ring (bicyclic) bond motifs is 1. The average molecular weight is 345 g/mol. The Morgan fingerprint density at radius 3 is 2.92 bits per heavy atom.